The fraction of sp³-hybridized carbons (Fsp3) is 0.500. The predicted octanol–water partition coefficient (Wildman–Crippen LogP) is 1.73. The summed E-state index contributed by atoms with van der Waals surface area (Å²) in [6.45, 7) is 3.63. The number of aromatic nitrogens is 2. The molecule has 1 saturated heterocycles. The minimum atomic E-state index is 0.0663. The van der Waals surface area contributed by atoms with Gasteiger partial charge < -0.3 is 14.6 Å². The Morgan fingerprint density at radius 2 is 2.10 bits per heavy atom. The molecule has 21 heavy (non-hydrogen) atoms. The molecule has 2 aromatic rings. The van der Waals surface area contributed by atoms with E-state index in [4.69, 9.17) is 5.11 Å². The standard InChI is InChI=1S/C16H21N3O2/c1-11-17-14-9-13(3-4-15(14)18(11)2)16(21)19-7-5-12(10-20)6-8-19/h3-4,9,12,20H,5-8,10H2,1-2H3. The van der Waals surface area contributed by atoms with Crippen LogP contribution in [0.15, 0.2) is 18.2 Å². The molecule has 1 aliphatic heterocycles. The zero-order valence-corrected chi connectivity index (χ0v) is 12.5. The smallest absolute Gasteiger partial charge is 0.253 e. The lowest BCUT2D eigenvalue weighted by atomic mass is 9.97. The van der Waals surface area contributed by atoms with E-state index in [0.717, 1.165) is 42.8 Å². The third-order valence-corrected chi connectivity index (χ3v) is 4.51. The van der Waals surface area contributed by atoms with Crippen molar-refractivity contribution in [2.24, 2.45) is 13.0 Å². The third-order valence-electron chi connectivity index (χ3n) is 4.51. The highest BCUT2D eigenvalue weighted by atomic mass is 16.3. The lowest BCUT2D eigenvalue weighted by Gasteiger charge is -2.31. The maximum absolute atomic E-state index is 12.6. The molecule has 5 nitrogen and oxygen atoms in total. The number of benzene rings is 1. The molecule has 0 aliphatic carbocycles. The summed E-state index contributed by atoms with van der Waals surface area (Å²) in [6, 6.07) is 5.72. The first-order valence-corrected chi connectivity index (χ1v) is 7.43. The van der Waals surface area contributed by atoms with E-state index in [1.807, 2.05) is 41.6 Å². The first kappa shape index (κ1) is 14.1. The van der Waals surface area contributed by atoms with E-state index in [-0.39, 0.29) is 12.5 Å². The van der Waals surface area contributed by atoms with Crippen LogP contribution in [-0.4, -0.2) is 45.2 Å². The van der Waals surface area contributed by atoms with Crippen LogP contribution in [0.25, 0.3) is 11.0 Å². The molecule has 112 valence electrons. The van der Waals surface area contributed by atoms with Crippen molar-refractivity contribution >= 4 is 16.9 Å². The van der Waals surface area contributed by atoms with E-state index in [2.05, 4.69) is 4.98 Å². The minimum Gasteiger partial charge on any atom is -0.396 e. The summed E-state index contributed by atoms with van der Waals surface area (Å²) in [5, 5.41) is 9.17. The predicted molar refractivity (Wildman–Crippen MR) is 81.2 cm³/mol. The Hall–Kier alpha value is -1.88. The molecule has 3 rings (SSSR count). The van der Waals surface area contributed by atoms with Crippen LogP contribution >= 0.6 is 0 Å². The van der Waals surface area contributed by atoms with Crippen LogP contribution in [0.4, 0.5) is 0 Å². The van der Waals surface area contributed by atoms with Crippen molar-refractivity contribution in [1.82, 2.24) is 14.5 Å². The second-order valence-electron chi connectivity index (χ2n) is 5.84. The Morgan fingerprint density at radius 3 is 2.76 bits per heavy atom. The number of aryl methyl sites for hydroxylation is 2. The summed E-state index contributed by atoms with van der Waals surface area (Å²) < 4.78 is 2.02. The van der Waals surface area contributed by atoms with E-state index in [1.54, 1.807) is 0 Å². The summed E-state index contributed by atoms with van der Waals surface area (Å²) in [4.78, 5) is 18.9. The van der Waals surface area contributed by atoms with E-state index in [9.17, 15) is 4.79 Å². The summed E-state index contributed by atoms with van der Waals surface area (Å²) in [5.74, 6) is 1.35. The molecule has 0 saturated carbocycles. The first-order valence-electron chi connectivity index (χ1n) is 7.43. The van der Waals surface area contributed by atoms with Crippen LogP contribution in [0.3, 0.4) is 0 Å². The molecule has 0 atom stereocenters. The lowest BCUT2D eigenvalue weighted by Crippen LogP contribution is -2.39. The molecule has 1 fully saturated rings. The van der Waals surface area contributed by atoms with Gasteiger partial charge in [-0.25, -0.2) is 4.98 Å². The minimum absolute atomic E-state index is 0.0663. The van der Waals surface area contributed by atoms with Crippen LogP contribution in [0.5, 0.6) is 0 Å². The number of piperidine rings is 1. The fourth-order valence-corrected chi connectivity index (χ4v) is 2.95. The Kier molecular flexibility index (Phi) is 3.68. The number of carbonyl (C=O) groups excluding carboxylic acids is 1. The molecule has 1 aromatic carbocycles. The van der Waals surface area contributed by atoms with Gasteiger partial charge >= 0.3 is 0 Å². The van der Waals surface area contributed by atoms with Gasteiger partial charge in [-0.2, -0.15) is 0 Å². The molecular weight excluding hydrogens is 266 g/mol. The molecule has 0 radical (unpaired) electrons. The van der Waals surface area contributed by atoms with Gasteiger partial charge in [-0.15, -0.1) is 0 Å². The van der Waals surface area contributed by atoms with Crippen LogP contribution in [-0.2, 0) is 7.05 Å². The van der Waals surface area contributed by atoms with Crippen molar-refractivity contribution in [1.29, 1.82) is 0 Å². The second-order valence-corrected chi connectivity index (χ2v) is 5.84. The molecule has 2 heterocycles. The van der Waals surface area contributed by atoms with Gasteiger partial charge in [0, 0.05) is 32.3 Å². The Balaban J connectivity index is 1.82. The van der Waals surface area contributed by atoms with Crippen molar-refractivity contribution < 1.29 is 9.90 Å². The summed E-state index contributed by atoms with van der Waals surface area (Å²) in [7, 11) is 1.98. The zero-order chi connectivity index (χ0) is 15.0. The normalized spacial score (nSPS) is 16.6. The number of hydrogen-bond donors (Lipinski definition) is 1. The molecule has 0 unspecified atom stereocenters. The van der Waals surface area contributed by atoms with Crippen molar-refractivity contribution in [3.63, 3.8) is 0 Å². The van der Waals surface area contributed by atoms with Gasteiger partial charge in [-0.3, -0.25) is 4.79 Å². The van der Waals surface area contributed by atoms with E-state index >= 15 is 0 Å². The van der Waals surface area contributed by atoms with Gasteiger partial charge in [0.25, 0.3) is 5.91 Å². The summed E-state index contributed by atoms with van der Waals surface area (Å²) >= 11 is 0. The molecule has 1 aliphatic rings. The highest BCUT2D eigenvalue weighted by molar-refractivity contribution is 5.97. The number of likely N-dealkylation sites (tertiary alicyclic amines) is 1. The molecule has 5 heteroatoms. The number of aliphatic hydroxyl groups excluding tert-OH is 1. The van der Waals surface area contributed by atoms with Crippen molar-refractivity contribution in [2.45, 2.75) is 19.8 Å². The van der Waals surface area contributed by atoms with E-state index < -0.39 is 0 Å². The average molecular weight is 287 g/mol. The van der Waals surface area contributed by atoms with Crippen LogP contribution in [0.2, 0.25) is 0 Å². The van der Waals surface area contributed by atoms with Crippen molar-refractivity contribution in [2.75, 3.05) is 19.7 Å². The number of carbonyl (C=O) groups is 1. The number of nitrogens with zero attached hydrogens (tertiary/aromatic N) is 3. The highest BCUT2D eigenvalue weighted by Gasteiger charge is 2.23. The van der Waals surface area contributed by atoms with Gasteiger partial charge in [0.05, 0.1) is 11.0 Å². The van der Waals surface area contributed by atoms with Crippen molar-refractivity contribution in [3.05, 3.63) is 29.6 Å². The molecule has 1 amide bonds. The number of aliphatic hydroxyl groups is 1. The highest BCUT2D eigenvalue weighted by Crippen LogP contribution is 2.21. The quantitative estimate of drug-likeness (QED) is 0.915. The lowest BCUT2D eigenvalue weighted by molar-refractivity contribution is 0.0651. The summed E-state index contributed by atoms with van der Waals surface area (Å²) in [5.41, 5.74) is 2.61. The van der Waals surface area contributed by atoms with Crippen LogP contribution in [0.1, 0.15) is 29.0 Å². The SMILES string of the molecule is Cc1nc2cc(C(=O)N3CCC(CO)CC3)ccc2n1C. The first-order chi connectivity index (χ1) is 10.1. The van der Waals surface area contributed by atoms with Gasteiger partial charge in [-0.05, 0) is 43.9 Å². The number of fused-ring (bicyclic) bond motifs is 1. The Bertz CT molecular complexity index is 669. The second kappa shape index (κ2) is 5.48. The maximum atomic E-state index is 12.6. The van der Waals surface area contributed by atoms with Gasteiger partial charge in [0.1, 0.15) is 5.82 Å². The molecule has 1 N–H and O–H groups in total. The largest absolute Gasteiger partial charge is 0.396 e. The fourth-order valence-electron chi connectivity index (χ4n) is 2.95. The third kappa shape index (κ3) is 2.53. The van der Waals surface area contributed by atoms with E-state index in [0.29, 0.717) is 11.5 Å². The number of imidazole rings is 1. The molecule has 0 spiro atoms. The van der Waals surface area contributed by atoms with Crippen LogP contribution in [0, 0.1) is 12.8 Å². The number of amides is 1. The maximum Gasteiger partial charge on any atom is 0.253 e. The topological polar surface area (TPSA) is 58.4 Å². The molecular formula is C16H21N3O2. The van der Waals surface area contributed by atoms with Gasteiger partial charge in [0.2, 0.25) is 0 Å². The monoisotopic (exact) mass is 287 g/mol. The summed E-state index contributed by atoms with van der Waals surface area (Å²) in [6.07, 6.45) is 1.76. The number of hydrogen-bond acceptors (Lipinski definition) is 3. The average Bonchev–Trinajstić information content (AvgIpc) is 2.81. The molecule has 0 bridgehead atoms. The number of rotatable bonds is 2. The van der Waals surface area contributed by atoms with Crippen LogP contribution < -0.4 is 0 Å². The van der Waals surface area contributed by atoms with E-state index in [1.165, 1.54) is 0 Å². The Labute approximate surface area is 124 Å². The van der Waals surface area contributed by atoms with Gasteiger partial charge in [0.15, 0.2) is 0 Å². The zero-order valence-electron chi connectivity index (χ0n) is 12.5. The van der Waals surface area contributed by atoms with Crippen molar-refractivity contribution in [3.8, 4) is 0 Å². The molecule has 1 aromatic heterocycles. The van der Waals surface area contributed by atoms with Gasteiger partial charge in [-0.1, -0.05) is 0 Å². The Morgan fingerprint density at radius 1 is 1.38 bits per heavy atom.